The minimum atomic E-state index is -1.02. The van der Waals surface area contributed by atoms with Crippen molar-refractivity contribution in [2.45, 2.75) is 12.2 Å². The molecule has 0 aliphatic carbocycles. The number of β-amino-alcohol motifs (C(OH)–C–C–N with tert-alkyl or cyclic N) is 1. The van der Waals surface area contributed by atoms with Crippen LogP contribution in [0.2, 0.25) is 5.02 Å². The van der Waals surface area contributed by atoms with Gasteiger partial charge in [-0.1, -0.05) is 54.1 Å². The van der Waals surface area contributed by atoms with Gasteiger partial charge in [0.05, 0.1) is 13.1 Å². The van der Waals surface area contributed by atoms with Crippen molar-refractivity contribution in [1.29, 1.82) is 0 Å². The van der Waals surface area contributed by atoms with Crippen LogP contribution in [0.1, 0.15) is 11.1 Å². The fourth-order valence-electron chi connectivity index (χ4n) is 2.47. The lowest BCUT2D eigenvalue weighted by Crippen LogP contribution is -2.61. The fraction of sp³-hybridized carbons (Fsp3) is 0.235. The summed E-state index contributed by atoms with van der Waals surface area (Å²) < 4.78 is 5.24. The van der Waals surface area contributed by atoms with E-state index in [0.717, 1.165) is 11.1 Å². The summed E-state index contributed by atoms with van der Waals surface area (Å²) in [4.78, 5) is 13.4. The molecule has 4 nitrogen and oxygen atoms in total. The number of hydrogen-bond donors (Lipinski definition) is 1. The van der Waals surface area contributed by atoms with Gasteiger partial charge in [0.25, 0.3) is 0 Å². The van der Waals surface area contributed by atoms with E-state index in [1.54, 1.807) is 24.3 Å². The van der Waals surface area contributed by atoms with E-state index in [0.29, 0.717) is 5.02 Å². The first-order valence-corrected chi connectivity index (χ1v) is 7.39. The summed E-state index contributed by atoms with van der Waals surface area (Å²) in [6.07, 6.45) is -0.414. The van der Waals surface area contributed by atoms with Crippen molar-refractivity contribution in [2.75, 3.05) is 13.1 Å². The molecule has 1 aliphatic rings. The molecule has 0 radical (unpaired) electrons. The van der Waals surface area contributed by atoms with Gasteiger partial charge >= 0.3 is 6.09 Å². The van der Waals surface area contributed by atoms with Crippen LogP contribution in [0.4, 0.5) is 4.79 Å². The number of rotatable bonds is 3. The summed E-state index contributed by atoms with van der Waals surface area (Å²) in [5.41, 5.74) is 0.671. The summed E-state index contributed by atoms with van der Waals surface area (Å²) in [6.45, 7) is 0.681. The highest BCUT2D eigenvalue weighted by molar-refractivity contribution is 6.30. The lowest BCUT2D eigenvalue weighted by molar-refractivity contribution is -0.0949. The van der Waals surface area contributed by atoms with E-state index in [-0.39, 0.29) is 19.7 Å². The zero-order chi connectivity index (χ0) is 15.6. The maximum Gasteiger partial charge on any atom is 0.410 e. The number of aliphatic hydroxyl groups is 1. The average molecular weight is 318 g/mol. The molecular formula is C17H16ClNO3. The number of carbonyl (C=O) groups is 1. The first-order valence-electron chi connectivity index (χ1n) is 7.01. The van der Waals surface area contributed by atoms with Crippen LogP contribution in [-0.2, 0) is 16.9 Å². The Morgan fingerprint density at radius 2 is 1.77 bits per heavy atom. The topological polar surface area (TPSA) is 49.8 Å². The molecule has 0 unspecified atom stereocenters. The van der Waals surface area contributed by atoms with E-state index < -0.39 is 11.7 Å². The molecule has 1 saturated heterocycles. The van der Waals surface area contributed by atoms with Crippen LogP contribution < -0.4 is 0 Å². The maximum absolute atomic E-state index is 11.9. The molecule has 1 amide bonds. The number of ether oxygens (including phenoxy) is 1. The molecule has 0 spiro atoms. The van der Waals surface area contributed by atoms with Crippen LogP contribution in [-0.4, -0.2) is 29.2 Å². The zero-order valence-corrected chi connectivity index (χ0v) is 12.7. The number of halogens is 1. The largest absolute Gasteiger partial charge is 0.445 e. The first-order chi connectivity index (χ1) is 10.6. The predicted molar refractivity (Wildman–Crippen MR) is 83.5 cm³/mol. The summed E-state index contributed by atoms with van der Waals surface area (Å²) in [5, 5.41) is 11.1. The Morgan fingerprint density at radius 3 is 2.41 bits per heavy atom. The van der Waals surface area contributed by atoms with Crippen molar-refractivity contribution >= 4 is 17.7 Å². The van der Waals surface area contributed by atoms with Crippen molar-refractivity contribution in [3.8, 4) is 0 Å². The minimum Gasteiger partial charge on any atom is -0.445 e. The van der Waals surface area contributed by atoms with E-state index in [4.69, 9.17) is 16.3 Å². The van der Waals surface area contributed by atoms with Crippen LogP contribution in [0, 0.1) is 0 Å². The van der Waals surface area contributed by atoms with Gasteiger partial charge in [-0.3, -0.25) is 0 Å². The quantitative estimate of drug-likeness (QED) is 0.946. The van der Waals surface area contributed by atoms with Crippen LogP contribution in [0.25, 0.3) is 0 Å². The normalized spacial score (nSPS) is 16.0. The predicted octanol–water partition coefficient (Wildman–Crippen LogP) is 3.18. The Kier molecular flexibility index (Phi) is 4.05. The molecule has 3 rings (SSSR count). The molecule has 1 fully saturated rings. The molecule has 5 heteroatoms. The second-order valence-electron chi connectivity index (χ2n) is 5.43. The third-order valence-corrected chi connectivity index (χ3v) is 4.00. The van der Waals surface area contributed by atoms with Crippen molar-refractivity contribution in [3.05, 3.63) is 70.7 Å². The van der Waals surface area contributed by atoms with Gasteiger partial charge in [0.2, 0.25) is 0 Å². The highest BCUT2D eigenvalue weighted by Crippen LogP contribution is 2.32. The lowest BCUT2D eigenvalue weighted by atomic mass is 9.86. The van der Waals surface area contributed by atoms with Gasteiger partial charge < -0.3 is 14.7 Å². The SMILES string of the molecule is O=C(OCc1ccccc1)N1CC(O)(c2ccc(Cl)cc2)C1. The van der Waals surface area contributed by atoms with Gasteiger partial charge in [-0.2, -0.15) is 0 Å². The molecule has 1 N–H and O–H groups in total. The number of likely N-dealkylation sites (tertiary alicyclic amines) is 1. The first kappa shape index (κ1) is 14.9. The van der Waals surface area contributed by atoms with Crippen molar-refractivity contribution in [1.82, 2.24) is 4.90 Å². The van der Waals surface area contributed by atoms with Gasteiger partial charge in [-0.25, -0.2) is 4.79 Å². The highest BCUT2D eigenvalue weighted by atomic mass is 35.5. The molecule has 0 bridgehead atoms. The summed E-state index contributed by atoms with van der Waals surface area (Å²) in [5.74, 6) is 0. The molecule has 114 valence electrons. The Hall–Kier alpha value is -2.04. The average Bonchev–Trinajstić information content (AvgIpc) is 2.51. The van der Waals surface area contributed by atoms with Gasteiger partial charge in [0.15, 0.2) is 0 Å². The Morgan fingerprint density at radius 1 is 1.14 bits per heavy atom. The number of amides is 1. The molecular weight excluding hydrogens is 302 g/mol. The van der Waals surface area contributed by atoms with E-state index in [1.807, 2.05) is 30.3 Å². The molecule has 1 heterocycles. The lowest BCUT2D eigenvalue weighted by Gasteiger charge is -2.45. The van der Waals surface area contributed by atoms with E-state index in [1.165, 1.54) is 4.90 Å². The number of carbonyl (C=O) groups excluding carboxylic acids is 1. The number of benzene rings is 2. The second-order valence-corrected chi connectivity index (χ2v) is 5.87. The third-order valence-electron chi connectivity index (χ3n) is 3.75. The monoisotopic (exact) mass is 317 g/mol. The summed E-state index contributed by atoms with van der Waals surface area (Å²) in [7, 11) is 0. The van der Waals surface area contributed by atoms with Crippen LogP contribution in [0.5, 0.6) is 0 Å². The van der Waals surface area contributed by atoms with E-state index in [2.05, 4.69) is 0 Å². The van der Waals surface area contributed by atoms with Crippen LogP contribution >= 0.6 is 11.6 Å². The van der Waals surface area contributed by atoms with Crippen LogP contribution in [0.3, 0.4) is 0 Å². The molecule has 2 aromatic carbocycles. The van der Waals surface area contributed by atoms with Gasteiger partial charge in [0, 0.05) is 5.02 Å². The highest BCUT2D eigenvalue weighted by Gasteiger charge is 2.45. The van der Waals surface area contributed by atoms with Crippen LogP contribution in [0.15, 0.2) is 54.6 Å². The Bertz CT molecular complexity index is 651. The standard InChI is InChI=1S/C17H16ClNO3/c18-15-8-6-14(7-9-15)17(21)11-19(12-17)16(20)22-10-13-4-2-1-3-5-13/h1-9,21H,10-12H2. The third kappa shape index (κ3) is 3.08. The zero-order valence-electron chi connectivity index (χ0n) is 11.9. The number of nitrogens with zero attached hydrogens (tertiary/aromatic N) is 1. The van der Waals surface area contributed by atoms with Crippen molar-refractivity contribution in [2.24, 2.45) is 0 Å². The van der Waals surface area contributed by atoms with Gasteiger partial charge in [0.1, 0.15) is 12.2 Å². The van der Waals surface area contributed by atoms with E-state index in [9.17, 15) is 9.90 Å². The molecule has 0 aromatic heterocycles. The minimum absolute atomic E-state index is 0.224. The van der Waals surface area contributed by atoms with Gasteiger partial charge in [-0.15, -0.1) is 0 Å². The summed E-state index contributed by atoms with van der Waals surface area (Å²) >= 11 is 5.84. The fourth-order valence-corrected chi connectivity index (χ4v) is 2.59. The molecule has 0 atom stereocenters. The second kappa shape index (κ2) is 5.99. The molecule has 22 heavy (non-hydrogen) atoms. The summed E-state index contributed by atoms with van der Waals surface area (Å²) in [6, 6.07) is 16.5. The molecule has 0 saturated carbocycles. The van der Waals surface area contributed by atoms with Gasteiger partial charge in [-0.05, 0) is 23.3 Å². The van der Waals surface area contributed by atoms with Crippen molar-refractivity contribution in [3.63, 3.8) is 0 Å². The Labute approximate surface area is 133 Å². The van der Waals surface area contributed by atoms with E-state index >= 15 is 0 Å². The molecule has 2 aromatic rings. The van der Waals surface area contributed by atoms with Crippen molar-refractivity contribution < 1.29 is 14.6 Å². The smallest absolute Gasteiger partial charge is 0.410 e. The number of hydrogen-bond acceptors (Lipinski definition) is 3. The molecule has 1 aliphatic heterocycles. The maximum atomic E-state index is 11.9. The Balaban J connectivity index is 1.54.